The molecule has 138 valence electrons. The summed E-state index contributed by atoms with van der Waals surface area (Å²) in [6.45, 7) is 4.69. The largest absolute Gasteiger partial charge is 0.379 e. The maximum atomic E-state index is 12.9. The summed E-state index contributed by atoms with van der Waals surface area (Å²) in [7, 11) is -3.46. The Labute approximate surface area is 155 Å². The molecule has 0 saturated carbocycles. The lowest BCUT2D eigenvalue weighted by atomic mass is 10.1. The lowest BCUT2D eigenvalue weighted by molar-refractivity contribution is 0.0730. The second kappa shape index (κ2) is 7.02. The molecule has 1 unspecified atom stereocenters. The van der Waals surface area contributed by atoms with Gasteiger partial charge in [-0.15, -0.1) is 0 Å². The molecule has 1 fully saturated rings. The van der Waals surface area contributed by atoms with Crippen LogP contribution in [0.25, 0.3) is 0 Å². The smallest absolute Gasteiger partial charge is 0.243 e. The van der Waals surface area contributed by atoms with Gasteiger partial charge < -0.3 is 9.64 Å². The number of morpholine rings is 1. The Kier molecular flexibility index (Phi) is 4.73. The number of rotatable bonds is 4. The van der Waals surface area contributed by atoms with Crippen LogP contribution in [0.1, 0.15) is 18.1 Å². The first-order valence-electron chi connectivity index (χ1n) is 9.07. The fourth-order valence-electron chi connectivity index (χ4n) is 3.81. The van der Waals surface area contributed by atoms with Gasteiger partial charge in [-0.25, -0.2) is 8.42 Å². The Morgan fingerprint density at radius 2 is 1.85 bits per heavy atom. The van der Waals surface area contributed by atoms with Gasteiger partial charge in [-0.1, -0.05) is 30.3 Å². The third-order valence-corrected chi connectivity index (χ3v) is 7.10. The van der Waals surface area contributed by atoms with Crippen molar-refractivity contribution in [3.8, 4) is 0 Å². The molecule has 0 spiro atoms. The molecule has 4 rings (SSSR count). The van der Waals surface area contributed by atoms with E-state index < -0.39 is 10.0 Å². The van der Waals surface area contributed by atoms with Crippen molar-refractivity contribution in [2.45, 2.75) is 30.8 Å². The normalized spacial score (nSPS) is 21.0. The summed E-state index contributed by atoms with van der Waals surface area (Å²) in [5.41, 5.74) is 3.63. The second-order valence-electron chi connectivity index (χ2n) is 6.97. The van der Waals surface area contributed by atoms with Crippen LogP contribution in [0.4, 0.5) is 5.69 Å². The van der Waals surface area contributed by atoms with Crippen LogP contribution in [0.15, 0.2) is 53.4 Å². The van der Waals surface area contributed by atoms with Crippen molar-refractivity contribution in [1.82, 2.24) is 4.31 Å². The van der Waals surface area contributed by atoms with Crippen molar-refractivity contribution < 1.29 is 13.2 Å². The Bertz CT molecular complexity index is 891. The zero-order valence-electron chi connectivity index (χ0n) is 15.0. The highest BCUT2D eigenvalue weighted by Crippen LogP contribution is 2.33. The third-order valence-electron chi connectivity index (χ3n) is 5.21. The minimum atomic E-state index is -3.46. The summed E-state index contributed by atoms with van der Waals surface area (Å²) in [4.78, 5) is 2.73. The van der Waals surface area contributed by atoms with E-state index in [1.54, 1.807) is 6.07 Å². The molecule has 1 atom stereocenters. The van der Waals surface area contributed by atoms with E-state index >= 15 is 0 Å². The standard InChI is InChI=1S/C20H24N2O3S/c1-16-13-18-6-2-3-8-20(18)22(16)15-17-5-4-7-19(14-17)26(23,24)21-9-11-25-12-10-21/h2-8,14,16H,9-13,15H2,1H3. The summed E-state index contributed by atoms with van der Waals surface area (Å²) in [5.74, 6) is 0. The van der Waals surface area contributed by atoms with Gasteiger partial charge in [0, 0.05) is 31.4 Å². The van der Waals surface area contributed by atoms with E-state index in [2.05, 4.69) is 36.1 Å². The van der Waals surface area contributed by atoms with Gasteiger partial charge in [-0.3, -0.25) is 0 Å². The average molecular weight is 372 g/mol. The van der Waals surface area contributed by atoms with Crippen molar-refractivity contribution in [2.75, 3.05) is 31.2 Å². The van der Waals surface area contributed by atoms with Crippen LogP contribution in [0.5, 0.6) is 0 Å². The van der Waals surface area contributed by atoms with Crippen LogP contribution >= 0.6 is 0 Å². The van der Waals surface area contributed by atoms with Crippen LogP contribution < -0.4 is 4.90 Å². The number of benzene rings is 2. The maximum absolute atomic E-state index is 12.9. The monoisotopic (exact) mass is 372 g/mol. The number of anilines is 1. The van der Waals surface area contributed by atoms with Crippen molar-refractivity contribution in [3.05, 3.63) is 59.7 Å². The summed E-state index contributed by atoms with van der Waals surface area (Å²) in [6.07, 6.45) is 1.03. The molecule has 26 heavy (non-hydrogen) atoms. The molecular weight excluding hydrogens is 348 g/mol. The fourth-order valence-corrected chi connectivity index (χ4v) is 5.29. The van der Waals surface area contributed by atoms with Gasteiger partial charge in [-0.05, 0) is 42.7 Å². The highest BCUT2D eigenvalue weighted by Gasteiger charge is 2.28. The van der Waals surface area contributed by atoms with Crippen molar-refractivity contribution >= 4 is 15.7 Å². The zero-order valence-corrected chi connectivity index (χ0v) is 15.8. The van der Waals surface area contributed by atoms with Gasteiger partial charge in [0.2, 0.25) is 10.0 Å². The number of fused-ring (bicyclic) bond motifs is 1. The minimum Gasteiger partial charge on any atom is -0.379 e. The van der Waals surface area contributed by atoms with Gasteiger partial charge in [0.05, 0.1) is 18.1 Å². The SMILES string of the molecule is CC1Cc2ccccc2N1Cc1cccc(S(=O)(=O)N2CCOCC2)c1. The first kappa shape index (κ1) is 17.5. The molecular formula is C20H24N2O3S. The number of hydrogen-bond acceptors (Lipinski definition) is 4. The predicted molar refractivity (Wildman–Crippen MR) is 102 cm³/mol. The summed E-state index contributed by atoms with van der Waals surface area (Å²) >= 11 is 0. The number of sulfonamides is 1. The predicted octanol–water partition coefficient (Wildman–Crippen LogP) is 2.66. The molecule has 2 aliphatic heterocycles. The molecule has 5 nitrogen and oxygen atoms in total. The number of hydrogen-bond donors (Lipinski definition) is 0. The van der Waals surface area contributed by atoms with Crippen LogP contribution in [0, 0.1) is 0 Å². The highest BCUT2D eigenvalue weighted by molar-refractivity contribution is 7.89. The number of para-hydroxylation sites is 1. The molecule has 0 amide bonds. The molecule has 0 N–H and O–H groups in total. The quantitative estimate of drug-likeness (QED) is 0.828. The van der Waals surface area contributed by atoms with Crippen molar-refractivity contribution in [3.63, 3.8) is 0 Å². The minimum absolute atomic E-state index is 0.372. The molecule has 6 heteroatoms. The average Bonchev–Trinajstić information content (AvgIpc) is 2.98. The fraction of sp³-hybridized carbons (Fsp3) is 0.400. The Hall–Kier alpha value is -1.89. The first-order valence-corrected chi connectivity index (χ1v) is 10.5. The van der Waals surface area contributed by atoms with E-state index in [1.807, 2.05) is 18.2 Å². The molecule has 0 aromatic heterocycles. The third kappa shape index (κ3) is 3.24. The van der Waals surface area contributed by atoms with E-state index in [0.29, 0.717) is 43.8 Å². The van der Waals surface area contributed by atoms with E-state index in [9.17, 15) is 8.42 Å². The van der Waals surface area contributed by atoms with Crippen LogP contribution in [-0.2, 0) is 27.7 Å². The van der Waals surface area contributed by atoms with Crippen LogP contribution in [0.3, 0.4) is 0 Å². The van der Waals surface area contributed by atoms with Crippen molar-refractivity contribution in [2.24, 2.45) is 0 Å². The summed E-state index contributed by atoms with van der Waals surface area (Å²) < 4.78 is 32.6. The van der Waals surface area contributed by atoms with Crippen LogP contribution in [0.2, 0.25) is 0 Å². The van der Waals surface area contributed by atoms with Gasteiger partial charge in [0.15, 0.2) is 0 Å². The van der Waals surface area contributed by atoms with E-state index in [-0.39, 0.29) is 0 Å². The van der Waals surface area contributed by atoms with E-state index in [0.717, 1.165) is 12.0 Å². The van der Waals surface area contributed by atoms with Gasteiger partial charge in [-0.2, -0.15) is 4.31 Å². The summed E-state index contributed by atoms with van der Waals surface area (Å²) in [5, 5.41) is 0. The molecule has 1 saturated heterocycles. The van der Waals surface area contributed by atoms with Gasteiger partial charge in [0.25, 0.3) is 0 Å². The van der Waals surface area contributed by atoms with Gasteiger partial charge >= 0.3 is 0 Å². The molecule has 2 aliphatic rings. The van der Waals surface area contributed by atoms with E-state index in [4.69, 9.17) is 4.74 Å². The molecule has 2 aromatic carbocycles. The van der Waals surface area contributed by atoms with Crippen molar-refractivity contribution in [1.29, 1.82) is 0 Å². The number of ether oxygens (including phenoxy) is 1. The molecule has 2 heterocycles. The first-order chi connectivity index (χ1) is 12.6. The number of nitrogens with zero attached hydrogens (tertiary/aromatic N) is 2. The van der Waals surface area contributed by atoms with Gasteiger partial charge in [0.1, 0.15) is 0 Å². The summed E-state index contributed by atoms with van der Waals surface area (Å²) in [6, 6.07) is 16.2. The molecule has 0 radical (unpaired) electrons. The molecule has 0 aliphatic carbocycles. The van der Waals surface area contributed by atoms with Crippen LogP contribution in [-0.4, -0.2) is 45.1 Å². The molecule has 2 aromatic rings. The zero-order chi connectivity index (χ0) is 18.1. The topological polar surface area (TPSA) is 49.9 Å². The maximum Gasteiger partial charge on any atom is 0.243 e. The lowest BCUT2D eigenvalue weighted by Gasteiger charge is -2.27. The van der Waals surface area contributed by atoms with E-state index in [1.165, 1.54) is 15.6 Å². The Morgan fingerprint density at radius 1 is 1.08 bits per heavy atom. The Morgan fingerprint density at radius 3 is 2.65 bits per heavy atom. The lowest BCUT2D eigenvalue weighted by Crippen LogP contribution is -2.40. The molecule has 0 bridgehead atoms. The second-order valence-corrected chi connectivity index (χ2v) is 8.91. The Balaban J connectivity index is 1.59. The highest BCUT2D eigenvalue weighted by atomic mass is 32.2.